The van der Waals surface area contributed by atoms with Crippen LogP contribution in [0, 0.1) is 15.5 Å². The molecular weight excluding hydrogens is 328 g/mol. The highest BCUT2D eigenvalue weighted by Crippen LogP contribution is 2.31. The van der Waals surface area contributed by atoms with Gasteiger partial charge in [-0.2, -0.15) is 0 Å². The van der Waals surface area contributed by atoms with Crippen LogP contribution in [0.1, 0.15) is 24.8 Å². The number of carboxylic acids is 1. The Kier molecular flexibility index (Phi) is 6.08. The summed E-state index contributed by atoms with van der Waals surface area (Å²) in [5.41, 5.74) is -0.359. The molecule has 1 aliphatic heterocycles. The van der Waals surface area contributed by atoms with Crippen molar-refractivity contribution in [2.75, 3.05) is 26.8 Å². The Morgan fingerprint density at radius 1 is 1.44 bits per heavy atom. The van der Waals surface area contributed by atoms with Crippen molar-refractivity contribution in [3.8, 4) is 0 Å². The van der Waals surface area contributed by atoms with Gasteiger partial charge in [-0.05, 0) is 24.8 Å². The molecule has 25 heavy (non-hydrogen) atoms. The van der Waals surface area contributed by atoms with Gasteiger partial charge in [0.15, 0.2) is 0 Å². The number of ether oxygens (including phenoxy) is 1. The van der Waals surface area contributed by atoms with Crippen LogP contribution in [0.5, 0.6) is 0 Å². The molecule has 1 amide bonds. The van der Waals surface area contributed by atoms with Gasteiger partial charge in [0, 0.05) is 38.8 Å². The minimum Gasteiger partial charge on any atom is -0.481 e. The molecule has 1 saturated heterocycles. The van der Waals surface area contributed by atoms with Crippen LogP contribution in [0.15, 0.2) is 24.3 Å². The van der Waals surface area contributed by atoms with Crippen LogP contribution < -0.4 is 0 Å². The largest absolute Gasteiger partial charge is 0.481 e. The standard InChI is InChI=1S/C17H22N2O6/c1-25-12-17(16(21)22)8-3-9-18(11-17)15(20)7-6-13-4-2-5-14(10-13)19(23)24/h2,4-5,10H,3,6-9,11-12H2,1H3,(H,21,22). The summed E-state index contributed by atoms with van der Waals surface area (Å²) in [4.78, 5) is 36.0. The molecule has 1 unspecified atom stereocenters. The molecular formula is C17H22N2O6. The number of amides is 1. The molecule has 0 saturated carbocycles. The van der Waals surface area contributed by atoms with E-state index in [1.165, 1.54) is 19.2 Å². The highest BCUT2D eigenvalue weighted by Gasteiger charge is 2.43. The number of piperidine rings is 1. The average molecular weight is 350 g/mol. The third kappa shape index (κ3) is 4.54. The number of benzene rings is 1. The fraction of sp³-hybridized carbons (Fsp3) is 0.529. The number of carbonyl (C=O) groups excluding carboxylic acids is 1. The Balaban J connectivity index is 1.99. The number of nitro groups is 1. The van der Waals surface area contributed by atoms with E-state index < -0.39 is 16.3 Å². The molecule has 8 nitrogen and oxygen atoms in total. The predicted octanol–water partition coefficient (Wildman–Crippen LogP) is 1.87. The van der Waals surface area contributed by atoms with Crippen molar-refractivity contribution in [3.63, 3.8) is 0 Å². The number of rotatable bonds is 7. The van der Waals surface area contributed by atoms with Crippen LogP contribution >= 0.6 is 0 Å². The van der Waals surface area contributed by atoms with Gasteiger partial charge in [0.1, 0.15) is 5.41 Å². The van der Waals surface area contributed by atoms with Crippen LogP contribution in [0.3, 0.4) is 0 Å². The van der Waals surface area contributed by atoms with Gasteiger partial charge in [0.25, 0.3) is 5.69 Å². The number of methoxy groups -OCH3 is 1. The summed E-state index contributed by atoms with van der Waals surface area (Å²) in [5, 5.41) is 20.3. The first-order valence-electron chi connectivity index (χ1n) is 8.11. The summed E-state index contributed by atoms with van der Waals surface area (Å²) in [5.74, 6) is -1.10. The number of aryl methyl sites for hydroxylation is 1. The Labute approximate surface area is 145 Å². The lowest BCUT2D eigenvalue weighted by atomic mass is 9.80. The van der Waals surface area contributed by atoms with Gasteiger partial charge in [-0.25, -0.2) is 0 Å². The minimum atomic E-state index is -1.06. The second-order valence-electron chi connectivity index (χ2n) is 6.36. The van der Waals surface area contributed by atoms with E-state index in [0.717, 1.165) is 0 Å². The number of likely N-dealkylation sites (tertiary alicyclic amines) is 1. The molecule has 1 aliphatic rings. The van der Waals surface area contributed by atoms with E-state index in [0.29, 0.717) is 31.4 Å². The number of nitro benzene ring substituents is 1. The van der Waals surface area contributed by atoms with Gasteiger partial charge in [0.2, 0.25) is 5.91 Å². The van der Waals surface area contributed by atoms with Crippen LogP contribution in [-0.4, -0.2) is 53.6 Å². The van der Waals surface area contributed by atoms with Crippen molar-refractivity contribution in [3.05, 3.63) is 39.9 Å². The molecule has 0 aliphatic carbocycles. The van der Waals surface area contributed by atoms with Crippen LogP contribution in [0.4, 0.5) is 5.69 Å². The fourth-order valence-electron chi connectivity index (χ4n) is 3.21. The zero-order valence-electron chi connectivity index (χ0n) is 14.1. The lowest BCUT2D eigenvalue weighted by Crippen LogP contribution is -2.52. The zero-order chi connectivity index (χ0) is 18.4. The Bertz CT molecular complexity index is 658. The number of non-ortho nitro benzene ring substituents is 1. The van der Waals surface area contributed by atoms with E-state index >= 15 is 0 Å². The van der Waals surface area contributed by atoms with Crippen LogP contribution in [0.25, 0.3) is 0 Å². The maximum atomic E-state index is 12.5. The normalized spacial score (nSPS) is 20.3. The van der Waals surface area contributed by atoms with Gasteiger partial charge < -0.3 is 14.7 Å². The molecule has 1 N–H and O–H groups in total. The van der Waals surface area contributed by atoms with E-state index in [-0.39, 0.29) is 31.2 Å². The molecule has 0 aromatic heterocycles. The van der Waals surface area contributed by atoms with Gasteiger partial charge in [-0.15, -0.1) is 0 Å². The van der Waals surface area contributed by atoms with Crippen LogP contribution in [0.2, 0.25) is 0 Å². The number of carbonyl (C=O) groups is 2. The summed E-state index contributed by atoms with van der Waals surface area (Å²) in [7, 11) is 1.45. The third-order valence-electron chi connectivity index (χ3n) is 4.55. The van der Waals surface area contributed by atoms with E-state index in [1.54, 1.807) is 17.0 Å². The van der Waals surface area contributed by atoms with Crippen molar-refractivity contribution in [2.24, 2.45) is 5.41 Å². The van der Waals surface area contributed by atoms with E-state index in [2.05, 4.69) is 0 Å². The average Bonchev–Trinajstić information content (AvgIpc) is 2.60. The number of hydrogen-bond acceptors (Lipinski definition) is 5. The number of carboxylic acid groups (broad SMARTS) is 1. The fourth-order valence-corrected chi connectivity index (χ4v) is 3.21. The summed E-state index contributed by atoms with van der Waals surface area (Å²) in [6, 6.07) is 6.19. The maximum absolute atomic E-state index is 12.5. The van der Waals surface area contributed by atoms with Crippen molar-refractivity contribution < 1.29 is 24.4 Å². The smallest absolute Gasteiger partial charge is 0.313 e. The molecule has 1 atom stereocenters. The van der Waals surface area contributed by atoms with Crippen molar-refractivity contribution in [1.82, 2.24) is 4.90 Å². The minimum absolute atomic E-state index is 0.00656. The third-order valence-corrected chi connectivity index (χ3v) is 4.55. The second kappa shape index (κ2) is 8.06. The first-order chi connectivity index (χ1) is 11.9. The first-order valence-corrected chi connectivity index (χ1v) is 8.11. The molecule has 2 rings (SSSR count). The lowest BCUT2D eigenvalue weighted by Gasteiger charge is -2.39. The molecule has 1 aromatic carbocycles. The lowest BCUT2D eigenvalue weighted by molar-refractivity contribution is -0.384. The van der Waals surface area contributed by atoms with Crippen molar-refractivity contribution >= 4 is 17.6 Å². The second-order valence-corrected chi connectivity index (χ2v) is 6.36. The van der Waals surface area contributed by atoms with Gasteiger partial charge in [-0.3, -0.25) is 19.7 Å². The SMILES string of the molecule is COCC1(C(=O)O)CCCN(C(=O)CCc2cccc([N+](=O)[O-])c2)C1. The van der Waals surface area contributed by atoms with Crippen molar-refractivity contribution in [2.45, 2.75) is 25.7 Å². The van der Waals surface area contributed by atoms with E-state index in [4.69, 9.17) is 4.74 Å². The summed E-state index contributed by atoms with van der Waals surface area (Å²) < 4.78 is 5.06. The monoisotopic (exact) mass is 350 g/mol. The molecule has 0 spiro atoms. The quantitative estimate of drug-likeness (QED) is 0.594. The van der Waals surface area contributed by atoms with Crippen LogP contribution in [-0.2, 0) is 20.7 Å². The van der Waals surface area contributed by atoms with E-state index in [9.17, 15) is 24.8 Å². The topological polar surface area (TPSA) is 110 Å². The summed E-state index contributed by atoms with van der Waals surface area (Å²) in [6.45, 7) is 0.716. The maximum Gasteiger partial charge on any atom is 0.313 e. The van der Waals surface area contributed by atoms with E-state index in [1.807, 2.05) is 0 Å². The molecule has 0 bridgehead atoms. The highest BCUT2D eigenvalue weighted by atomic mass is 16.6. The predicted molar refractivity (Wildman–Crippen MR) is 89.2 cm³/mol. The Morgan fingerprint density at radius 2 is 2.20 bits per heavy atom. The van der Waals surface area contributed by atoms with Gasteiger partial charge >= 0.3 is 5.97 Å². The molecule has 0 radical (unpaired) electrons. The molecule has 1 aromatic rings. The number of hydrogen-bond donors (Lipinski definition) is 1. The van der Waals surface area contributed by atoms with Crippen molar-refractivity contribution in [1.29, 1.82) is 0 Å². The first kappa shape index (κ1) is 18.9. The highest BCUT2D eigenvalue weighted by molar-refractivity contribution is 5.80. The van der Waals surface area contributed by atoms with Gasteiger partial charge in [0.05, 0.1) is 11.5 Å². The molecule has 1 fully saturated rings. The Morgan fingerprint density at radius 3 is 2.84 bits per heavy atom. The van der Waals surface area contributed by atoms with Gasteiger partial charge in [-0.1, -0.05) is 12.1 Å². The molecule has 1 heterocycles. The summed E-state index contributed by atoms with van der Waals surface area (Å²) in [6.07, 6.45) is 1.65. The number of aliphatic carboxylic acids is 1. The Hall–Kier alpha value is -2.48. The number of nitrogens with zero attached hydrogens (tertiary/aromatic N) is 2. The summed E-state index contributed by atoms with van der Waals surface area (Å²) >= 11 is 0. The molecule has 8 heteroatoms. The zero-order valence-corrected chi connectivity index (χ0v) is 14.1. The molecule has 136 valence electrons.